The minimum atomic E-state index is -0.380. The van der Waals surface area contributed by atoms with E-state index >= 15 is 0 Å². The molecule has 0 bridgehead atoms. The quantitative estimate of drug-likeness (QED) is 0.823. The van der Waals surface area contributed by atoms with E-state index in [0.29, 0.717) is 17.5 Å². The highest BCUT2D eigenvalue weighted by Crippen LogP contribution is 2.19. The molecule has 0 heterocycles. The lowest BCUT2D eigenvalue weighted by Crippen LogP contribution is -2.18. The Labute approximate surface area is 103 Å². The third kappa shape index (κ3) is 4.10. The van der Waals surface area contributed by atoms with E-state index in [-0.39, 0.29) is 5.91 Å². The van der Waals surface area contributed by atoms with Gasteiger partial charge in [-0.25, -0.2) is 0 Å². The molecule has 0 aliphatic rings. The van der Waals surface area contributed by atoms with E-state index in [0.717, 1.165) is 17.7 Å². The number of nitrogens with two attached hydrogens (primary N) is 1. The molecule has 0 radical (unpaired) electrons. The summed E-state index contributed by atoms with van der Waals surface area (Å²) in [6.07, 6.45) is 1.12. The molecule has 1 amide bonds. The summed E-state index contributed by atoms with van der Waals surface area (Å²) >= 11 is 0. The molecule has 0 spiro atoms. The summed E-state index contributed by atoms with van der Waals surface area (Å²) in [5.74, 6) is 0.289. The highest BCUT2D eigenvalue weighted by molar-refractivity contribution is 5.93. The zero-order valence-electron chi connectivity index (χ0n) is 11.1. The van der Waals surface area contributed by atoms with Crippen LogP contribution in [0, 0.1) is 12.8 Å². The van der Waals surface area contributed by atoms with E-state index in [1.807, 2.05) is 19.1 Å². The minimum Gasteiger partial charge on any atom is -0.382 e. The van der Waals surface area contributed by atoms with Crippen LogP contribution in [-0.4, -0.2) is 11.9 Å². The van der Waals surface area contributed by atoms with Gasteiger partial charge in [-0.2, -0.15) is 0 Å². The van der Waals surface area contributed by atoms with Gasteiger partial charge in [0, 0.05) is 17.3 Å². The first kappa shape index (κ1) is 13.6. The van der Waals surface area contributed by atoms with E-state index < -0.39 is 0 Å². The third-order valence-electron chi connectivity index (χ3n) is 2.74. The number of carbonyl (C=O) groups excluding carboxylic acids is 1. The van der Waals surface area contributed by atoms with Gasteiger partial charge < -0.3 is 11.1 Å². The van der Waals surface area contributed by atoms with Crippen LogP contribution >= 0.6 is 0 Å². The van der Waals surface area contributed by atoms with E-state index in [9.17, 15) is 4.79 Å². The predicted octanol–water partition coefficient (Wildman–Crippen LogP) is 2.94. The summed E-state index contributed by atoms with van der Waals surface area (Å²) in [6.45, 7) is 8.57. The van der Waals surface area contributed by atoms with Gasteiger partial charge in [0.1, 0.15) is 0 Å². The van der Waals surface area contributed by atoms with Crippen LogP contribution in [0.2, 0.25) is 0 Å². The van der Waals surface area contributed by atoms with Crippen molar-refractivity contribution >= 4 is 11.6 Å². The van der Waals surface area contributed by atoms with Crippen molar-refractivity contribution in [1.82, 2.24) is 0 Å². The topological polar surface area (TPSA) is 55.1 Å². The molecule has 0 fully saturated rings. The highest BCUT2D eigenvalue weighted by Gasteiger charge is 2.08. The molecule has 1 unspecified atom stereocenters. The maximum absolute atomic E-state index is 11.0. The van der Waals surface area contributed by atoms with Crippen LogP contribution in [0.25, 0.3) is 0 Å². The third-order valence-corrected chi connectivity index (χ3v) is 2.74. The molecule has 0 aromatic heterocycles. The van der Waals surface area contributed by atoms with Crippen molar-refractivity contribution in [2.24, 2.45) is 11.7 Å². The normalized spacial score (nSPS) is 12.5. The van der Waals surface area contributed by atoms with Crippen molar-refractivity contribution in [3.63, 3.8) is 0 Å². The van der Waals surface area contributed by atoms with Crippen molar-refractivity contribution in [3.8, 4) is 0 Å². The lowest BCUT2D eigenvalue weighted by molar-refractivity contribution is 0.1000. The Kier molecular flexibility index (Phi) is 4.55. The Bertz CT molecular complexity index is 399. The molecule has 94 valence electrons. The second kappa shape index (κ2) is 5.71. The Morgan fingerprint density at radius 3 is 2.47 bits per heavy atom. The molecule has 0 aliphatic heterocycles. The molecule has 0 saturated carbocycles. The van der Waals surface area contributed by atoms with Crippen LogP contribution in [0.5, 0.6) is 0 Å². The molecule has 17 heavy (non-hydrogen) atoms. The molecular weight excluding hydrogens is 212 g/mol. The number of amides is 1. The van der Waals surface area contributed by atoms with E-state index in [4.69, 9.17) is 5.73 Å². The molecule has 3 nitrogen and oxygen atoms in total. The number of primary amides is 1. The maximum atomic E-state index is 11.0. The van der Waals surface area contributed by atoms with Crippen LogP contribution in [0.3, 0.4) is 0 Å². The number of benzene rings is 1. The number of anilines is 1. The molecule has 1 rings (SSSR count). The molecule has 0 aliphatic carbocycles. The first-order valence-electron chi connectivity index (χ1n) is 6.07. The Morgan fingerprint density at radius 1 is 1.35 bits per heavy atom. The standard InChI is InChI=1S/C14H22N2O/c1-9(2)7-11(4)16-13-6-5-12(14(15)17)8-10(13)3/h5-6,8-9,11,16H,7H2,1-4H3,(H2,15,17). The summed E-state index contributed by atoms with van der Waals surface area (Å²) < 4.78 is 0. The van der Waals surface area contributed by atoms with Gasteiger partial charge in [-0.05, 0) is 49.9 Å². The number of carbonyl (C=O) groups is 1. The smallest absolute Gasteiger partial charge is 0.248 e. The van der Waals surface area contributed by atoms with Crippen LogP contribution in [0.4, 0.5) is 5.69 Å². The molecule has 3 heteroatoms. The van der Waals surface area contributed by atoms with Gasteiger partial charge in [-0.1, -0.05) is 13.8 Å². The molecule has 3 N–H and O–H groups in total. The average molecular weight is 234 g/mol. The molecule has 1 atom stereocenters. The van der Waals surface area contributed by atoms with Crippen molar-refractivity contribution in [3.05, 3.63) is 29.3 Å². The Hall–Kier alpha value is -1.51. The summed E-state index contributed by atoms with van der Waals surface area (Å²) in [7, 11) is 0. The van der Waals surface area contributed by atoms with E-state index in [2.05, 4.69) is 26.1 Å². The lowest BCUT2D eigenvalue weighted by Gasteiger charge is -2.19. The zero-order chi connectivity index (χ0) is 13.0. The van der Waals surface area contributed by atoms with Crippen molar-refractivity contribution < 1.29 is 4.79 Å². The van der Waals surface area contributed by atoms with Gasteiger partial charge in [0.25, 0.3) is 0 Å². The van der Waals surface area contributed by atoms with E-state index in [1.54, 1.807) is 6.07 Å². The fourth-order valence-corrected chi connectivity index (χ4v) is 2.01. The fourth-order valence-electron chi connectivity index (χ4n) is 2.01. The van der Waals surface area contributed by atoms with Gasteiger partial charge in [0.15, 0.2) is 0 Å². The SMILES string of the molecule is Cc1cc(C(N)=O)ccc1NC(C)CC(C)C. The number of hydrogen-bond acceptors (Lipinski definition) is 2. The number of rotatable bonds is 5. The van der Waals surface area contributed by atoms with Gasteiger partial charge in [0.05, 0.1) is 0 Å². The number of aryl methyl sites for hydroxylation is 1. The fraction of sp³-hybridized carbons (Fsp3) is 0.500. The minimum absolute atomic E-state index is 0.380. The maximum Gasteiger partial charge on any atom is 0.248 e. The first-order chi connectivity index (χ1) is 7.90. The Balaban J connectivity index is 2.75. The molecule has 1 aromatic carbocycles. The van der Waals surface area contributed by atoms with E-state index in [1.165, 1.54) is 0 Å². The zero-order valence-corrected chi connectivity index (χ0v) is 11.1. The van der Waals surface area contributed by atoms with Crippen molar-refractivity contribution in [2.75, 3.05) is 5.32 Å². The Morgan fingerprint density at radius 2 is 2.00 bits per heavy atom. The van der Waals surface area contributed by atoms with Crippen LogP contribution in [0.1, 0.15) is 43.1 Å². The average Bonchev–Trinajstić information content (AvgIpc) is 2.19. The monoisotopic (exact) mass is 234 g/mol. The first-order valence-corrected chi connectivity index (χ1v) is 6.07. The molecule has 1 aromatic rings. The summed E-state index contributed by atoms with van der Waals surface area (Å²) in [4.78, 5) is 11.0. The molecular formula is C14H22N2O. The second-order valence-corrected chi connectivity index (χ2v) is 5.07. The lowest BCUT2D eigenvalue weighted by atomic mass is 10.0. The van der Waals surface area contributed by atoms with Gasteiger partial charge >= 0.3 is 0 Å². The van der Waals surface area contributed by atoms with Gasteiger partial charge in [-0.15, -0.1) is 0 Å². The molecule has 0 saturated heterocycles. The summed E-state index contributed by atoms with van der Waals surface area (Å²) in [6, 6.07) is 5.94. The number of hydrogen-bond donors (Lipinski definition) is 2. The van der Waals surface area contributed by atoms with Gasteiger partial charge in [-0.3, -0.25) is 4.79 Å². The summed E-state index contributed by atoms with van der Waals surface area (Å²) in [5, 5.41) is 3.46. The second-order valence-electron chi connectivity index (χ2n) is 5.07. The highest BCUT2D eigenvalue weighted by atomic mass is 16.1. The van der Waals surface area contributed by atoms with Crippen molar-refractivity contribution in [2.45, 2.75) is 40.2 Å². The van der Waals surface area contributed by atoms with Crippen LogP contribution < -0.4 is 11.1 Å². The largest absolute Gasteiger partial charge is 0.382 e. The van der Waals surface area contributed by atoms with Crippen molar-refractivity contribution in [1.29, 1.82) is 0 Å². The van der Waals surface area contributed by atoms with Gasteiger partial charge in [0.2, 0.25) is 5.91 Å². The summed E-state index contributed by atoms with van der Waals surface area (Å²) in [5.41, 5.74) is 7.93. The van der Waals surface area contributed by atoms with Crippen LogP contribution in [-0.2, 0) is 0 Å². The predicted molar refractivity (Wildman–Crippen MR) is 72.2 cm³/mol. The van der Waals surface area contributed by atoms with Crippen LogP contribution in [0.15, 0.2) is 18.2 Å². The number of nitrogens with one attached hydrogen (secondary N) is 1.